The number of unbranched alkanes of at least 4 members (excludes halogenated alkanes) is 4. The minimum absolute atomic E-state index is 0.976. The van der Waals surface area contributed by atoms with E-state index in [0.717, 1.165) is 24.0 Å². The average Bonchev–Trinajstić information content (AvgIpc) is 2.63. The third-order valence-electron chi connectivity index (χ3n) is 3.83. The van der Waals surface area contributed by atoms with Gasteiger partial charge in [0.15, 0.2) is 0 Å². The van der Waals surface area contributed by atoms with Crippen molar-refractivity contribution in [2.75, 3.05) is 0 Å². The van der Waals surface area contributed by atoms with E-state index in [1.807, 2.05) is 0 Å². The maximum Gasteiger partial charge on any atom is 0.0251 e. The number of benzene rings is 2. The minimum atomic E-state index is 0.976. The molecule has 0 radical (unpaired) electrons. The Kier molecular flexibility index (Phi) is 7.73. The van der Waals surface area contributed by atoms with Gasteiger partial charge in [0, 0.05) is 24.0 Å². The lowest BCUT2D eigenvalue weighted by Crippen LogP contribution is -1.82. The van der Waals surface area contributed by atoms with E-state index in [4.69, 9.17) is 0 Å². The van der Waals surface area contributed by atoms with Crippen LogP contribution in [0.1, 0.15) is 63.5 Å². The molecule has 0 aliphatic heterocycles. The molecule has 0 bridgehead atoms. The van der Waals surface area contributed by atoms with Crippen LogP contribution in [0.5, 0.6) is 0 Å². The van der Waals surface area contributed by atoms with Gasteiger partial charge in [-0.05, 0) is 48.2 Å². The summed E-state index contributed by atoms with van der Waals surface area (Å²) in [5.74, 6) is 13.1. The van der Waals surface area contributed by atoms with Crippen LogP contribution in [0.15, 0.2) is 48.5 Å². The average molecular weight is 314 g/mol. The highest BCUT2D eigenvalue weighted by Gasteiger charge is 1.99. The Labute approximate surface area is 147 Å². The molecule has 122 valence electrons. The van der Waals surface area contributed by atoms with Crippen LogP contribution in [0.4, 0.5) is 0 Å². The summed E-state index contributed by atoms with van der Waals surface area (Å²) in [5, 5.41) is 0. The molecule has 0 unspecified atom stereocenters. The van der Waals surface area contributed by atoms with Gasteiger partial charge in [0.25, 0.3) is 0 Å². The lowest BCUT2D eigenvalue weighted by atomic mass is 10.0. The fourth-order valence-corrected chi connectivity index (χ4v) is 2.41. The summed E-state index contributed by atoms with van der Waals surface area (Å²) in [7, 11) is 0. The Balaban J connectivity index is 2.15. The molecule has 0 atom stereocenters. The number of hydrogen-bond acceptors (Lipinski definition) is 0. The summed E-state index contributed by atoms with van der Waals surface area (Å²) in [6, 6.07) is 16.9. The zero-order chi connectivity index (χ0) is 17.0. The van der Waals surface area contributed by atoms with Crippen LogP contribution in [0.3, 0.4) is 0 Å². The van der Waals surface area contributed by atoms with Crippen LogP contribution in [0.2, 0.25) is 0 Å². The highest BCUT2D eigenvalue weighted by Crippen LogP contribution is 2.21. The van der Waals surface area contributed by atoms with E-state index < -0.39 is 0 Å². The van der Waals surface area contributed by atoms with Crippen LogP contribution >= 0.6 is 0 Å². The van der Waals surface area contributed by atoms with Crippen molar-refractivity contribution in [3.05, 3.63) is 59.7 Å². The third-order valence-corrected chi connectivity index (χ3v) is 3.83. The highest BCUT2D eigenvalue weighted by atomic mass is 14.0. The molecule has 24 heavy (non-hydrogen) atoms. The molecule has 0 N–H and O–H groups in total. The van der Waals surface area contributed by atoms with Crippen molar-refractivity contribution < 1.29 is 0 Å². The summed E-state index contributed by atoms with van der Waals surface area (Å²) in [4.78, 5) is 0. The standard InChI is InChI=1S/C24H26/c1-3-5-7-9-13-21-15-11-17-23(19-21)24-18-12-16-22(20-24)14-10-8-6-4-2/h11-12,15-20H,3-8H2,1-2H3. The van der Waals surface area contributed by atoms with Crippen LogP contribution in [0.25, 0.3) is 11.1 Å². The lowest BCUT2D eigenvalue weighted by molar-refractivity contribution is 0.828. The van der Waals surface area contributed by atoms with Crippen molar-refractivity contribution in [2.24, 2.45) is 0 Å². The molecule has 2 aromatic carbocycles. The molecule has 0 nitrogen and oxygen atoms in total. The molecule has 0 spiro atoms. The first kappa shape index (κ1) is 17.9. The van der Waals surface area contributed by atoms with Gasteiger partial charge < -0.3 is 0 Å². The first-order valence-corrected chi connectivity index (χ1v) is 9.01. The second-order valence-corrected chi connectivity index (χ2v) is 5.97. The van der Waals surface area contributed by atoms with Crippen molar-refractivity contribution in [3.63, 3.8) is 0 Å². The minimum Gasteiger partial charge on any atom is -0.0979 e. The molecule has 2 rings (SSSR count). The monoisotopic (exact) mass is 314 g/mol. The Morgan fingerprint density at radius 3 is 1.54 bits per heavy atom. The van der Waals surface area contributed by atoms with Crippen molar-refractivity contribution in [1.29, 1.82) is 0 Å². The van der Waals surface area contributed by atoms with E-state index in [2.05, 4.69) is 86.1 Å². The molecule has 0 heterocycles. The van der Waals surface area contributed by atoms with E-state index >= 15 is 0 Å². The topological polar surface area (TPSA) is 0 Å². The second kappa shape index (κ2) is 10.4. The van der Waals surface area contributed by atoms with Crippen LogP contribution < -0.4 is 0 Å². The van der Waals surface area contributed by atoms with Gasteiger partial charge in [-0.1, -0.05) is 74.6 Å². The van der Waals surface area contributed by atoms with Crippen molar-refractivity contribution in [1.82, 2.24) is 0 Å². The quantitative estimate of drug-likeness (QED) is 0.440. The molecule has 2 aromatic rings. The molecule has 0 saturated heterocycles. The van der Waals surface area contributed by atoms with Crippen molar-refractivity contribution in [3.8, 4) is 34.8 Å². The first-order valence-electron chi connectivity index (χ1n) is 9.01. The summed E-state index contributed by atoms with van der Waals surface area (Å²) < 4.78 is 0. The largest absolute Gasteiger partial charge is 0.0979 e. The van der Waals surface area contributed by atoms with E-state index in [9.17, 15) is 0 Å². The molecule has 0 aliphatic carbocycles. The summed E-state index contributed by atoms with van der Waals surface area (Å²) >= 11 is 0. The van der Waals surface area contributed by atoms with Crippen LogP contribution in [-0.2, 0) is 0 Å². The Morgan fingerprint density at radius 1 is 0.667 bits per heavy atom. The number of rotatable bonds is 5. The van der Waals surface area contributed by atoms with E-state index in [0.29, 0.717) is 0 Å². The van der Waals surface area contributed by atoms with Gasteiger partial charge >= 0.3 is 0 Å². The van der Waals surface area contributed by atoms with E-state index in [1.165, 1.54) is 36.8 Å². The third kappa shape index (κ3) is 5.98. The predicted molar refractivity (Wildman–Crippen MR) is 105 cm³/mol. The molecule has 0 amide bonds. The van der Waals surface area contributed by atoms with Gasteiger partial charge in [-0.15, -0.1) is 0 Å². The molecule has 0 saturated carbocycles. The molecule has 0 fully saturated rings. The van der Waals surface area contributed by atoms with Crippen molar-refractivity contribution >= 4 is 0 Å². The Bertz CT molecular complexity index is 692. The Hall–Kier alpha value is -2.44. The maximum absolute atomic E-state index is 3.27. The van der Waals surface area contributed by atoms with Crippen LogP contribution in [-0.4, -0.2) is 0 Å². The Morgan fingerprint density at radius 2 is 1.12 bits per heavy atom. The summed E-state index contributed by atoms with van der Waals surface area (Å²) in [6.07, 6.45) is 6.69. The van der Waals surface area contributed by atoms with E-state index in [-0.39, 0.29) is 0 Å². The van der Waals surface area contributed by atoms with E-state index in [1.54, 1.807) is 0 Å². The number of hydrogen-bond donors (Lipinski definition) is 0. The van der Waals surface area contributed by atoms with Gasteiger partial charge in [0.2, 0.25) is 0 Å². The second-order valence-electron chi connectivity index (χ2n) is 5.97. The molecule has 0 heteroatoms. The zero-order valence-electron chi connectivity index (χ0n) is 14.9. The zero-order valence-corrected chi connectivity index (χ0v) is 14.9. The highest BCUT2D eigenvalue weighted by molar-refractivity contribution is 5.67. The van der Waals surface area contributed by atoms with Crippen molar-refractivity contribution in [2.45, 2.75) is 52.4 Å². The van der Waals surface area contributed by atoms with Gasteiger partial charge in [0.05, 0.1) is 0 Å². The lowest BCUT2D eigenvalue weighted by Gasteiger charge is -2.03. The predicted octanol–water partition coefficient (Wildman–Crippen LogP) is 6.44. The molecule has 0 aliphatic rings. The fourth-order valence-electron chi connectivity index (χ4n) is 2.41. The first-order chi connectivity index (χ1) is 11.8. The van der Waals surface area contributed by atoms with Gasteiger partial charge in [-0.2, -0.15) is 0 Å². The molecular weight excluding hydrogens is 288 g/mol. The van der Waals surface area contributed by atoms with Gasteiger partial charge in [0.1, 0.15) is 0 Å². The van der Waals surface area contributed by atoms with Crippen LogP contribution in [0, 0.1) is 23.7 Å². The van der Waals surface area contributed by atoms with Gasteiger partial charge in [-0.3, -0.25) is 0 Å². The fraction of sp³-hybridized carbons (Fsp3) is 0.333. The molecular formula is C24H26. The SMILES string of the molecule is CCCCC#Cc1cccc(-c2cccc(C#CCCCC)c2)c1. The normalized spacial score (nSPS) is 9.58. The summed E-state index contributed by atoms with van der Waals surface area (Å²) in [5.41, 5.74) is 4.58. The summed E-state index contributed by atoms with van der Waals surface area (Å²) in [6.45, 7) is 4.39. The maximum atomic E-state index is 3.27. The molecule has 0 aromatic heterocycles. The smallest absolute Gasteiger partial charge is 0.0251 e. The van der Waals surface area contributed by atoms with Gasteiger partial charge in [-0.25, -0.2) is 0 Å².